The zero-order valence-corrected chi connectivity index (χ0v) is 15.3. The van der Waals surface area contributed by atoms with Gasteiger partial charge >= 0.3 is 11.7 Å². The second-order valence-electron chi connectivity index (χ2n) is 6.38. The summed E-state index contributed by atoms with van der Waals surface area (Å²) in [5, 5.41) is 9.14. The van der Waals surface area contributed by atoms with Gasteiger partial charge in [-0.1, -0.05) is 13.8 Å². The minimum absolute atomic E-state index is 0.0425. The number of sulfonamides is 1. The van der Waals surface area contributed by atoms with Crippen LogP contribution in [0, 0.1) is 11.8 Å². The first-order valence-electron chi connectivity index (χ1n) is 7.84. The van der Waals surface area contributed by atoms with Crippen molar-refractivity contribution in [1.82, 2.24) is 19.3 Å². The topological polar surface area (TPSA) is 151 Å². The highest BCUT2D eigenvalue weighted by atomic mass is 32.2. The molecule has 2 heterocycles. The number of carbonyl (C=O) groups is 1. The van der Waals surface area contributed by atoms with Crippen LogP contribution in [0.15, 0.2) is 26.7 Å². The van der Waals surface area contributed by atoms with E-state index in [0.29, 0.717) is 6.42 Å². The predicted molar refractivity (Wildman–Crippen MR) is 93.4 cm³/mol. The number of rotatable bonds is 7. The summed E-state index contributed by atoms with van der Waals surface area (Å²) in [5.74, 6) is -1.88. The molecule has 0 bridgehead atoms. The Morgan fingerprint density at radius 2 is 2.04 bits per heavy atom. The maximum atomic E-state index is 12.4. The molecule has 0 aromatic carbocycles. The minimum Gasteiger partial charge on any atom is -0.481 e. The third-order valence-electron chi connectivity index (χ3n) is 3.86. The molecular weight excluding hydrogens is 364 g/mol. The van der Waals surface area contributed by atoms with Crippen LogP contribution >= 0.6 is 0 Å². The summed E-state index contributed by atoms with van der Waals surface area (Å²) >= 11 is 0. The van der Waals surface area contributed by atoms with Gasteiger partial charge in [-0.05, 0) is 18.4 Å². The molecule has 142 valence electrons. The maximum absolute atomic E-state index is 12.4. The van der Waals surface area contributed by atoms with Crippen molar-refractivity contribution in [3.05, 3.63) is 33.1 Å². The normalized spacial score (nSPS) is 13.2. The number of fused-ring (bicyclic) bond motifs is 1. The molecule has 1 unspecified atom stereocenters. The summed E-state index contributed by atoms with van der Waals surface area (Å²) in [6, 6.07) is 1.10. The van der Waals surface area contributed by atoms with Gasteiger partial charge in [0.1, 0.15) is 10.5 Å². The molecule has 0 radical (unpaired) electrons. The Kier molecular flexibility index (Phi) is 5.62. The number of aromatic nitrogens is 3. The Morgan fingerprint density at radius 1 is 1.38 bits per heavy atom. The molecule has 26 heavy (non-hydrogen) atoms. The number of pyridine rings is 1. The number of H-pyrrole nitrogens is 1. The van der Waals surface area contributed by atoms with E-state index < -0.39 is 33.2 Å². The molecule has 0 aliphatic rings. The van der Waals surface area contributed by atoms with E-state index in [0.717, 1.165) is 16.8 Å². The van der Waals surface area contributed by atoms with Crippen LogP contribution in [0.5, 0.6) is 0 Å². The van der Waals surface area contributed by atoms with Crippen molar-refractivity contribution in [2.24, 2.45) is 18.9 Å². The van der Waals surface area contributed by atoms with Crippen LogP contribution in [0.25, 0.3) is 11.0 Å². The molecule has 11 heteroatoms. The van der Waals surface area contributed by atoms with Gasteiger partial charge in [0, 0.05) is 19.8 Å². The zero-order chi connectivity index (χ0) is 19.6. The van der Waals surface area contributed by atoms with Gasteiger partial charge in [-0.15, -0.1) is 0 Å². The molecule has 3 N–H and O–H groups in total. The predicted octanol–water partition coefficient (Wildman–Crippen LogP) is -0.353. The summed E-state index contributed by atoms with van der Waals surface area (Å²) in [6.45, 7) is 3.40. The lowest BCUT2D eigenvalue weighted by Crippen LogP contribution is -2.34. The number of hydrogen-bond acceptors (Lipinski definition) is 6. The third-order valence-corrected chi connectivity index (χ3v) is 5.25. The van der Waals surface area contributed by atoms with Gasteiger partial charge in [0.2, 0.25) is 10.0 Å². The number of nitrogens with one attached hydrogen (secondary N) is 2. The van der Waals surface area contributed by atoms with E-state index in [1.54, 1.807) is 0 Å². The standard InChI is InChI=1S/C15H20N4O6S/c1-8(2)4-9(14(21)22)6-17-26(24,25)10-5-11-12(16-7-10)19(3)15(23)18-13(11)20/h5,7-9,17H,4,6H2,1-3H3,(H,21,22)(H,18,20,23). The van der Waals surface area contributed by atoms with Gasteiger partial charge in [-0.2, -0.15) is 0 Å². The largest absolute Gasteiger partial charge is 0.481 e. The Labute approximate surface area is 148 Å². The maximum Gasteiger partial charge on any atom is 0.329 e. The van der Waals surface area contributed by atoms with Gasteiger partial charge in [0.15, 0.2) is 0 Å². The van der Waals surface area contributed by atoms with Crippen LogP contribution in [-0.2, 0) is 21.9 Å². The van der Waals surface area contributed by atoms with Crippen molar-refractivity contribution in [2.45, 2.75) is 25.2 Å². The Morgan fingerprint density at radius 3 is 2.62 bits per heavy atom. The number of aryl methyl sites for hydroxylation is 1. The lowest BCUT2D eigenvalue weighted by Gasteiger charge is -2.15. The number of aromatic amines is 1. The van der Waals surface area contributed by atoms with Crippen LogP contribution in [0.1, 0.15) is 20.3 Å². The Bertz CT molecular complexity index is 1050. The molecule has 2 rings (SSSR count). The summed E-state index contributed by atoms with van der Waals surface area (Å²) in [5.41, 5.74) is -1.38. The minimum atomic E-state index is -4.07. The smallest absolute Gasteiger partial charge is 0.329 e. The summed E-state index contributed by atoms with van der Waals surface area (Å²) in [6.07, 6.45) is 1.33. The van der Waals surface area contributed by atoms with E-state index >= 15 is 0 Å². The summed E-state index contributed by atoms with van der Waals surface area (Å²) in [4.78, 5) is 40.4. The molecule has 2 aromatic heterocycles. The molecule has 0 spiro atoms. The van der Waals surface area contributed by atoms with E-state index in [1.807, 2.05) is 13.8 Å². The van der Waals surface area contributed by atoms with Gasteiger partial charge in [-0.3, -0.25) is 19.1 Å². The lowest BCUT2D eigenvalue weighted by molar-refractivity contribution is -0.142. The van der Waals surface area contributed by atoms with Crippen molar-refractivity contribution in [1.29, 1.82) is 0 Å². The number of aliphatic carboxylic acids is 1. The molecule has 0 saturated heterocycles. The van der Waals surface area contributed by atoms with Gasteiger partial charge in [-0.25, -0.2) is 22.9 Å². The Balaban J connectivity index is 2.36. The average Bonchev–Trinajstić information content (AvgIpc) is 2.55. The zero-order valence-electron chi connectivity index (χ0n) is 14.5. The fourth-order valence-electron chi connectivity index (χ4n) is 2.50. The van der Waals surface area contributed by atoms with Crippen molar-refractivity contribution in [3.8, 4) is 0 Å². The molecular formula is C15H20N4O6S. The van der Waals surface area contributed by atoms with E-state index in [9.17, 15) is 27.9 Å². The van der Waals surface area contributed by atoms with Crippen LogP contribution in [0.3, 0.4) is 0 Å². The number of hydrogen-bond donors (Lipinski definition) is 3. The van der Waals surface area contributed by atoms with Crippen molar-refractivity contribution < 1.29 is 18.3 Å². The van der Waals surface area contributed by atoms with Crippen molar-refractivity contribution >= 4 is 27.0 Å². The molecule has 0 aliphatic carbocycles. The number of carboxylic acids is 1. The average molecular weight is 384 g/mol. The van der Waals surface area contributed by atoms with Gasteiger partial charge in [0.05, 0.1) is 11.3 Å². The lowest BCUT2D eigenvalue weighted by atomic mass is 9.98. The fourth-order valence-corrected chi connectivity index (χ4v) is 3.55. The molecule has 1 atom stereocenters. The summed E-state index contributed by atoms with van der Waals surface area (Å²) < 4.78 is 28.2. The molecule has 10 nitrogen and oxygen atoms in total. The van der Waals surface area contributed by atoms with E-state index in [4.69, 9.17) is 0 Å². The Hall–Kier alpha value is -2.53. The quantitative estimate of drug-likeness (QED) is 0.590. The highest BCUT2D eigenvalue weighted by molar-refractivity contribution is 7.89. The first-order chi connectivity index (χ1) is 12.0. The molecule has 2 aromatic rings. The SMILES string of the molecule is CC(C)CC(CNS(=O)(=O)c1cnc2c(c1)c(=O)[nH]c(=O)n2C)C(=O)O. The number of carboxylic acid groups (broad SMARTS) is 1. The van der Waals surface area contributed by atoms with Crippen LogP contribution in [0.4, 0.5) is 0 Å². The van der Waals surface area contributed by atoms with Crippen LogP contribution in [-0.4, -0.2) is 40.6 Å². The van der Waals surface area contributed by atoms with E-state index in [2.05, 4.69) is 14.7 Å². The summed E-state index contributed by atoms with van der Waals surface area (Å²) in [7, 11) is -2.68. The highest BCUT2D eigenvalue weighted by Gasteiger charge is 2.23. The second-order valence-corrected chi connectivity index (χ2v) is 8.14. The van der Waals surface area contributed by atoms with E-state index in [-0.39, 0.29) is 28.4 Å². The highest BCUT2D eigenvalue weighted by Crippen LogP contribution is 2.15. The van der Waals surface area contributed by atoms with Crippen LogP contribution < -0.4 is 16.0 Å². The third kappa shape index (κ3) is 4.17. The van der Waals surface area contributed by atoms with Crippen LogP contribution in [0.2, 0.25) is 0 Å². The molecule has 0 amide bonds. The monoisotopic (exact) mass is 384 g/mol. The fraction of sp³-hybridized carbons (Fsp3) is 0.467. The first kappa shape index (κ1) is 19.8. The molecule has 0 saturated carbocycles. The first-order valence-corrected chi connectivity index (χ1v) is 9.32. The number of nitrogens with zero attached hydrogens (tertiary/aromatic N) is 2. The van der Waals surface area contributed by atoms with Crippen molar-refractivity contribution in [2.75, 3.05) is 6.54 Å². The second kappa shape index (κ2) is 7.38. The van der Waals surface area contributed by atoms with E-state index in [1.165, 1.54) is 7.05 Å². The van der Waals surface area contributed by atoms with Gasteiger partial charge < -0.3 is 5.11 Å². The van der Waals surface area contributed by atoms with Gasteiger partial charge in [0.25, 0.3) is 5.56 Å². The molecule has 0 aliphatic heterocycles. The molecule has 0 fully saturated rings. The van der Waals surface area contributed by atoms with Crippen molar-refractivity contribution in [3.63, 3.8) is 0 Å².